The van der Waals surface area contributed by atoms with E-state index in [2.05, 4.69) is 5.32 Å². The normalized spacial score (nSPS) is 20.6. The van der Waals surface area contributed by atoms with Crippen LogP contribution in [0.4, 0.5) is 11.4 Å². The van der Waals surface area contributed by atoms with Gasteiger partial charge in [0.1, 0.15) is 0 Å². The molecule has 2 aromatic rings. The molecule has 0 aliphatic carbocycles. The highest BCUT2D eigenvalue weighted by Crippen LogP contribution is 2.43. The standard InChI is InChI=1S/C27H36N4O5S/c1-3-27(32)30-20(2)19-25(22-10-4-5-11-23(22)30)29(18-8-9-21-14-16-28-17-15-21)37(35,36)26-13-7-6-12-24(26)31(33)34/h4-7,10-13,20-21,25,28H,3,8-9,14-19H2,1-2H3/t20-,25+/m0/s1. The molecule has 1 N–H and O–H groups in total. The molecule has 2 aliphatic heterocycles. The highest BCUT2D eigenvalue weighted by Gasteiger charge is 2.42. The highest BCUT2D eigenvalue weighted by atomic mass is 32.2. The maximum atomic E-state index is 14.2. The maximum Gasteiger partial charge on any atom is 0.289 e. The summed E-state index contributed by atoms with van der Waals surface area (Å²) < 4.78 is 29.8. The van der Waals surface area contributed by atoms with E-state index in [9.17, 15) is 23.3 Å². The van der Waals surface area contributed by atoms with Crippen LogP contribution in [0.15, 0.2) is 53.4 Å². The molecule has 0 bridgehead atoms. The third kappa shape index (κ3) is 5.71. The van der Waals surface area contributed by atoms with E-state index in [1.807, 2.05) is 38.1 Å². The van der Waals surface area contributed by atoms with E-state index in [-0.39, 0.29) is 23.4 Å². The van der Waals surface area contributed by atoms with Crippen molar-refractivity contribution in [2.75, 3.05) is 24.5 Å². The number of sulfonamides is 1. The zero-order chi connectivity index (χ0) is 26.6. The van der Waals surface area contributed by atoms with Gasteiger partial charge in [-0.2, -0.15) is 4.31 Å². The Balaban J connectivity index is 1.75. The van der Waals surface area contributed by atoms with Crippen molar-refractivity contribution >= 4 is 27.3 Å². The van der Waals surface area contributed by atoms with Crippen LogP contribution in [0.25, 0.3) is 0 Å². The molecule has 0 spiro atoms. The van der Waals surface area contributed by atoms with Crippen LogP contribution in [-0.2, 0) is 14.8 Å². The minimum Gasteiger partial charge on any atom is -0.317 e. The third-order valence-electron chi connectivity index (χ3n) is 7.58. The number of hydrogen-bond acceptors (Lipinski definition) is 6. The van der Waals surface area contributed by atoms with Crippen molar-refractivity contribution in [2.24, 2.45) is 5.92 Å². The van der Waals surface area contributed by atoms with Gasteiger partial charge in [-0.25, -0.2) is 8.42 Å². The van der Waals surface area contributed by atoms with Crippen LogP contribution in [0, 0.1) is 16.0 Å². The first-order valence-corrected chi connectivity index (χ1v) is 14.6. The van der Waals surface area contributed by atoms with Gasteiger partial charge in [0.05, 0.1) is 11.0 Å². The molecule has 1 fully saturated rings. The smallest absolute Gasteiger partial charge is 0.289 e. The number of hydrogen-bond donors (Lipinski definition) is 1. The second-order valence-electron chi connectivity index (χ2n) is 9.95. The molecule has 2 aromatic carbocycles. The zero-order valence-corrected chi connectivity index (χ0v) is 22.3. The number of rotatable bonds is 9. The summed E-state index contributed by atoms with van der Waals surface area (Å²) in [5.74, 6) is 0.518. The van der Waals surface area contributed by atoms with Crippen LogP contribution in [0.3, 0.4) is 0 Å². The first kappa shape index (κ1) is 27.2. The van der Waals surface area contributed by atoms with Gasteiger partial charge in [-0.3, -0.25) is 14.9 Å². The van der Waals surface area contributed by atoms with Gasteiger partial charge in [-0.1, -0.05) is 37.3 Å². The fraction of sp³-hybridized carbons (Fsp3) is 0.519. The van der Waals surface area contributed by atoms with Gasteiger partial charge in [-0.15, -0.1) is 0 Å². The molecule has 37 heavy (non-hydrogen) atoms. The lowest BCUT2D eigenvalue weighted by Gasteiger charge is -2.43. The molecule has 1 saturated heterocycles. The molecular formula is C27H36N4O5S. The Morgan fingerprint density at radius 2 is 1.81 bits per heavy atom. The van der Waals surface area contributed by atoms with Crippen LogP contribution >= 0.6 is 0 Å². The summed E-state index contributed by atoms with van der Waals surface area (Å²) in [6, 6.07) is 12.2. The summed E-state index contributed by atoms with van der Waals surface area (Å²) in [5.41, 5.74) is 1.04. The van der Waals surface area contributed by atoms with Gasteiger partial charge in [-0.05, 0) is 75.7 Å². The van der Waals surface area contributed by atoms with Crippen molar-refractivity contribution < 1.29 is 18.1 Å². The minimum atomic E-state index is -4.21. The average molecular weight is 529 g/mol. The number of carbonyl (C=O) groups excluding carboxylic acids is 1. The Morgan fingerprint density at radius 1 is 1.14 bits per heavy atom. The van der Waals surface area contributed by atoms with Crippen molar-refractivity contribution in [1.82, 2.24) is 9.62 Å². The van der Waals surface area contributed by atoms with E-state index >= 15 is 0 Å². The van der Waals surface area contributed by atoms with Crippen molar-refractivity contribution in [3.8, 4) is 0 Å². The molecule has 0 radical (unpaired) electrons. The van der Waals surface area contributed by atoms with Gasteiger partial charge in [0.25, 0.3) is 5.69 Å². The lowest BCUT2D eigenvalue weighted by molar-refractivity contribution is -0.387. The first-order valence-electron chi connectivity index (χ1n) is 13.1. The number of benzene rings is 2. The Bertz CT molecular complexity index is 1230. The molecule has 2 atom stereocenters. The van der Waals surface area contributed by atoms with E-state index < -0.39 is 26.7 Å². The number of piperidine rings is 1. The third-order valence-corrected chi connectivity index (χ3v) is 9.53. The van der Waals surface area contributed by atoms with Crippen molar-refractivity contribution in [3.05, 3.63) is 64.2 Å². The molecular weight excluding hydrogens is 492 g/mol. The molecule has 10 heteroatoms. The lowest BCUT2D eigenvalue weighted by atomic mass is 9.90. The van der Waals surface area contributed by atoms with Crippen LogP contribution in [0.5, 0.6) is 0 Å². The highest BCUT2D eigenvalue weighted by molar-refractivity contribution is 7.89. The van der Waals surface area contributed by atoms with Gasteiger partial charge >= 0.3 is 0 Å². The summed E-state index contributed by atoms with van der Waals surface area (Å²) in [6.45, 7) is 5.94. The van der Waals surface area contributed by atoms with Crippen LogP contribution in [0.1, 0.15) is 64.0 Å². The fourth-order valence-corrected chi connectivity index (χ4v) is 7.52. The summed E-state index contributed by atoms with van der Waals surface area (Å²) in [6.07, 6.45) is 4.44. The van der Waals surface area contributed by atoms with E-state index in [1.54, 1.807) is 4.90 Å². The summed E-state index contributed by atoms with van der Waals surface area (Å²) in [5, 5.41) is 15.1. The Labute approximate surface area is 219 Å². The first-order chi connectivity index (χ1) is 17.8. The second kappa shape index (κ2) is 11.7. The van der Waals surface area contributed by atoms with Crippen LogP contribution < -0.4 is 10.2 Å². The lowest BCUT2D eigenvalue weighted by Crippen LogP contribution is -2.47. The van der Waals surface area contributed by atoms with E-state index in [1.165, 1.54) is 28.6 Å². The maximum absolute atomic E-state index is 14.2. The average Bonchev–Trinajstić information content (AvgIpc) is 2.91. The molecule has 2 heterocycles. The van der Waals surface area contributed by atoms with Gasteiger partial charge in [0, 0.05) is 30.8 Å². The number of para-hydroxylation sites is 2. The van der Waals surface area contributed by atoms with Gasteiger partial charge in [0.15, 0.2) is 4.90 Å². The number of anilines is 1. The number of nitro groups is 1. The predicted octanol–water partition coefficient (Wildman–Crippen LogP) is 4.64. The Kier molecular flexibility index (Phi) is 8.61. The molecule has 2 aliphatic rings. The quantitative estimate of drug-likeness (QED) is 0.375. The zero-order valence-electron chi connectivity index (χ0n) is 21.5. The van der Waals surface area contributed by atoms with Crippen molar-refractivity contribution in [1.29, 1.82) is 0 Å². The number of nitrogens with one attached hydrogen (secondary N) is 1. The number of nitro benzene ring substituents is 1. The molecule has 9 nitrogen and oxygen atoms in total. The summed E-state index contributed by atoms with van der Waals surface area (Å²) in [7, 11) is -4.21. The van der Waals surface area contributed by atoms with Crippen molar-refractivity contribution in [3.63, 3.8) is 0 Å². The number of fused-ring (bicyclic) bond motifs is 1. The topological polar surface area (TPSA) is 113 Å². The second-order valence-corrected chi connectivity index (χ2v) is 11.8. The molecule has 0 saturated carbocycles. The summed E-state index contributed by atoms with van der Waals surface area (Å²) in [4.78, 5) is 25.4. The predicted molar refractivity (Wildman–Crippen MR) is 143 cm³/mol. The molecule has 4 rings (SSSR count). The van der Waals surface area contributed by atoms with E-state index in [0.29, 0.717) is 30.9 Å². The molecule has 0 aromatic heterocycles. The SMILES string of the molecule is CCC(=O)N1c2ccccc2[C@H](N(CCCC2CCNCC2)S(=O)(=O)c2ccccc2[N+](=O)[O-])C[C@@H]1C. The minimum absolute atomic E-state index is 0.0163. The monoisotopic (exact) mass is 528 g/mol. The van der Waals surface area contributed by atoms with E-state index in [4.69, 9.17) is 0 Å². The Morgan fingerprint density at radius 3 is 2.51 bits per heavy atom. The summed E-state index contributed by atoms with van der Waals surface area (Å²) >= 11 is 0. The van der Waals surface area contributed by atoms with Crippen LogP contribution in [0.2, 0.25) is 0 Å². The van der Waals surface area contributed by atoms with E-state index in [0.717, 1.165) is 37.9 Å². The van der Waals surface area contributed by atoms with Crippen LogP contribution in [-0.4, -0.2) is 49.2 Å². The largest absolute Gasteiger partial charge is 0.317 e. The molecule has 0 unspecified atom stereocenters. The number of nitrogens with zero attached hydrogens (tertiary/aromatic N) is 3. The van der Waals surface area contributed by atoms with Crippen molar-refractivity contribution in [2.45, 2.75) is 69.4 Å². The Hall–Kier alpha value is -2.82. The van der Waals surface area contributed by atoms with Gasteiger partial charge < -0.3 is 10.2 Å². The van der Waals surface area contributed by atoms with Gasteiger partial charge in [0.2, 0.25) is 15.9 Å². The number of carbonyl (C=O) groups is 1. The molecule has 1 amide bonds. The molecule has 200 valence electrons. The fourth-order valence-electron chi connectivity index (χ4n) is 5.71. The number of amides is 1.